The van der Waals surface area contributed by atoms with Crippen molar-refractivity contribution >= 4 is 0 Å². The number of hydrogen-bond donors (Lipinski definition) is 1. The highest BCUT2D eigenvalue weighted by atomic mass is 16.3. The molecule has 0 saturated carbocycles. The SMILES string of the molecule is CC=C(CO)N(CC)CC. The van der Waals surface area contributed by atoms with Crippen LogP contribution in [0.15, 0.2) is 11.8 Å². The van der Waals surface area contributed by atoms with Crippen LogP contribution in [0.3, 0.4) is 0 Å². The third kappa shape index (κ3) is 2.40. The van der Waals surface area contributed by atoms with Gasteiger partial charge in [-0.15, -0.1) is 0 Å². The van der Waals surface area contributed by atoms with Crippen molar-refractivity contribution in [1.29, 1.82) is 0 Å². The second-order valence-electron chi connectivity index (χ2n) is 2.11. The maximum absolute atomic E-state index is 8.85. The smallest absolute Gasteiger partial charge is 0.0826 e. The molecule has 0 rings (SSSR count). The molecule has 0 aromatic carbocycles. The van der Waals surface area contributed by atoms with E-state index in [-0.39, 0.29) is 6.61 Å². The summed E-state index contributed by atoms with van der Waals surface area (Å²) in [5.41, 5.74) is 1.02. The van der Waals surface area contributed by atoms with E-state index in [1.807, 2.05) is 13.0 Å². The van der Waals surface area contributed by atoms with E-state index in [1.54, 1.807) is 0 Å². The quantitative estimate of drug-likeness (QED) is 0.639. The molecule has 2 heteroatoms. The predicted molar refractivity (Wildman–Crippen MR) is 43.8 cm³/mol. The van der Waals surface area contributed by atoms with Gasteiger partial charge in [-0.2, -0.15) is 0 Å². The Bertz CT molecular complexity index is 106. The Morgan fingerprint density at radius 3 is 2.00 bits per heavy atom. The minimum absolute atomic E-state index is 0.151. The average Bonchev–Trinajstić information content (AvgIpc) is 2.00. The summed E-state index contributed by atoms with van der Waals surface area (Å²) < 4.78 is 0. The summed E-state index contributed by atoms with van der Waals surface area (Å²) in [6.07, 6.45) is 1.95. The van der Waals surface area contributed by atoms with Gasteiger partial charge in [0, 0.05) is 18.8 Å². The summed E-state index contributed by atoms with van der Waals surface area (Å²) in [5, 5.41) is 8.85. The van der Waals surface area contributed by atoms with E-state index in [0.29, 0.717) is 0 Å². The van der Waals surface area contributed by atoms with Crippen LogP contribution in [-0.2, 0) is 0 Å². The molecule has 0 spiro atoms. The topological polar surface area (TPSA) is 23.5 Å². The van der Waals surface area contributed by atoms with Gasteiger partial charge < -0.3 is 10.0 Å². The molecule has 0 atom stereocenters. The monoisotopic (exact) mass is 143 g/mol. The van der Waals surface area contributed by atoms with Crippen LogP contribution in [0, 0.1) is 0 Å². The maximum atomic E-state index is 8.85. The van der Waals surface area contributed by atoms with Gasteiger partial charge >= 0.3 is 0 Å². The van der Waals surface area contributed by atoms with E-state index in [1.165, 1.54) is 0 Å². The molecule has 0 aliphatic heterocycles. The van der Waals surface area contributed by atoms with Crippen molar-refractivity contribution in [1.82, 2.24) is 4.90 Å². The Morgan fingerprint density at radius 1 is 1.40 bits per heavy atom. The summed E-state index contributed by atoms with van der Waals surface area (Å²) in [6.45, 7) is 8.21. The molecule has 0 aliphatic carbocycles. The van der Waals surface area contributed by atoms with E-state index in [9.17, 15) is 0 Å². The summed E-state index contributed by atoms with van der Waals surface area (Å²) in [4.78, 5) is 2.14. The summed E-state index contributed by atoms with van der Waals surface area (Å²) >= 11 is 0. The molecule has 0 heterocycles. The van der Waals surface area contributed by atoms with Crippen molar-refractivity contribution in [3.8, 4) is 0 Å². The highest BCUT2D eigenvalue weighted by Gasteiger charge is 2.00. The molecule has 10 heavy (non-hydrogen) atoms. The maximum Gasteiger partial charge on any atom is 0.0826 e. The Balaban J connectivity index is 3.97. The lowest BCUT2D eigenvalue weighted by molar-refractivity contribution is 0.262. The van der Waals surface area contributed by atoms with Crippen LogP contribution in [0.4, 0.5) is 0 Å². The molecule has 0 unspecified atom stereocenters. The molecule has 0 bridgehead atoms. The number of rotatable bonds is 4. The van der Waals surface area contributed by atoms with Gasteiger partial charge in [0.25, 0.3) is 0 Å². The van der Waals surface area contributed by atoms with E-state index in [2.05, 4.69) is 18.7 Å². The fourth-order valence-electron chi connectivity index (χ4n) is 1.00. The van der Waals surface area contributed by atoms with Crippen molar-refractivity contribution < 1.29 is 5.11 Å². The molecule has 0 aromatic heterocycles. The first-order valence-corrected chi connectivity index (χ1v) is 3.81. The fraction of sp³-hybridized carbons (Fsp3) is 0.750. The molecule has 1 N–H and O–H groups in total. The standard InChI is InChI=1S/C8H17NO/c1-4-8(7-10)9(5-2)6-3/h4,10H,5-7H2,1-3H3. The number of aliphatic hydroxyl groups is 1. The van der Waals surface area contributed by atoms with Gasteiger partial charge in [-0.05, 0) is 20.8 Å². The largest absolute Gasteiger partial charge is 0.390 e. The molecule has 0 amide bonds. The highest BCUT2D eigenvalue weighted by molar-refractivity contribution is 4.98. The number of allylic oxidation sites excluding steroid dienone is 1. The van der Waals surface area contributed by atoms with E-state index < -0.39 is 0 Å². The molecular formula is C8H17NO. The molecule has 0 aliphatic rings. The van der Waals surface area contributed by atoms with Crippen LogP contribution in [0.5, 0.6) is 0 Å². The fourth-order valence-corrected chi connectivity index (χ4v) is 1.00. The number of aliphatic hydroxyl groups excluding tert-OH is 1. The lowest BCUT2D eigenvalue weighted by Crippen LogP contribution is -2.23. The lowest BCUT2D eigenvalue weighted by atomic mass is 10.3. The normalized spacial score (nSPS) is 11.8. The van der Waals surface area contributed by atoms with Crippen LogP contribution in [0.1, 0.15) is 20.8 Å². The molecule has 0 radical (unpaired) electrons. The minimum Gasteiger partial charge on any atom is -0.390 e. The second-order valence-corrected chi connectivity index (χ2v) is 2.11. The van der Waals surface area contributed by atoms with E-state index in [4.69, 9.17) is 5.11 Å². The van der Waals surface area contributed by atoms with Crippen LogP contribution < -0.4 is 0 Å². The summed E-state index contributed by atoms with van der Waals surface area (Å²) in [6, 6.07) is 0. The van der Waals surface area contributed by atoms with Crippen molar-refractivity contribution in [2.45, 2.75) is 20.8 Å². The number of likely N-dealkylation sites (N-methyl/N-ethyl adjacent to an activating group) is 1. The summed E-state index contributed by atoms with van der Waals surface area (Å²) in [7, 11) is 0. The van der Waals surface area contributed by atoms with Crippen LogP contribution in [0.2, 0.25) is 0 Å². The van der Waals surface area contributed by atoms with Gasteiger partial charge in [-0.1, -0.05) is 6.08 Å². The molecule has 0 saturated heterocycles. The average molecular weight is 143 g/mol. The third-order valence-electron chi connectivity index (χ3n) is 1.66. The summed E-state index contributed by atoms with van der Waals surface area (Å²) in [5.74, 6) is 0. The predicted octanol–water partition coefficient (Wildman–Crippen LogP) is 1.22. The van der Waals surface area contributed by atoms with Crippen molar-refractivity contribution in [2.24, 2.45) is 0 Å². The van der Waals surface area contributed by atoms with Crippen molar-refractivity contribution in [3.05, 3.63) is 11.8 Å². The third-order valence-corrected chi connectivity index (χ3v) is 1.66. The molecular weight excluding hydrogens is 126 g/mol. The first-order chi connectivity index (χ1) is 4.79. The molecule has 60 valence electrons. The Labute approximate surface area is 63.2 Å². The van der Waals surface area contributed by atoms with Crippen LogP contribution in [-0.4, -0.2) is 29.7 Å². The zero-order chi connectivity index (χ0) is 7.98. The van der Waals surface area contributed by atoms with Gasteiger partial charge in [-0.25, -0.2) is 0 Å². The zero-order valence-corrected chi connectivity index (χ0v) is 7.09. The first kappa shape index (κ1) is 9.50. The number of hydrogen-bond acceptors (Lipinski definition) is 2. The van der Waals surface area contributed by atoms with Crippen molar-refractivity contribution in [2.75, 3.05) is 19.7 Å². The Kier molecular flexibility index (Phi) is 5.03. The molecule has 2 nitrogen and oxygen atoms in total. The van der Waals surface area contributed by atoms with Gasteiger partial charge in [0.1, 0.15) is 0 Å². The van der Waals surface area contributed by atoms with Gasteiger partial charge in [0.2, 0.25) is 0 Å². The van der Waals surface area contributed by atoms with Gasteiger partial charge in [-0.3, -0.25) is 0 Å². The second kappa shape index (κ2) is 5.30. The van der Waals surface area contributed by atoms with Crippen LogP contribution >= 0.6 is 0 Å². The lowest BCUT2D eigenvalue weighted by Gasteiger charge is -2.22. The van der Waals surface area contributed by atoms with E-state index >= 15 is 0 Å². The molecule has 0 fully saturated rings. The highest BCUT2D eigenvalue weighted by Crippen LogP contribution is 2.00. The first-order valence-electron chi connectivity index (χ1n) is 3.81. The van der Waals surface area contributed by atoms with Crippen molar-refractivity contribution in [3.63, 3.8) is 0 Å². The molecule has 0 aromatic rings. The Hall–Kier alpha value is -0.500. The van der Waals surface area contributed by atoms with Gasteiger partial charge in [0.05, 0.1) is 6.61 Å². The van der Waals surface area contributed by atoms with Gasteiger partial charge in [0.15, 0.2) is 0 Å². The zero-order valence-electron chi connectivity index (χ0n) is 7.09. The van der Waals surface area contributed by atoms with Crippen LogP contribution in [0.25, 0.3) is 0 Å². The number of nitrogens with zero attached hydrogens (tertiary/aromatic N) is 1. The Morgan fingerprint density at radius 2 is 1.90 bits per heavy atom. The van der Waals surface area contributed by atoms with E-state index in [0.717, 1.165) is 18.8 Å². The minimum atomic E-state index is 0.151.